The molecular formula is C19H23F5N6O. The smallest absolute Gasteiger partial charge is 0.389 e. The molecule has 31 heavy (non-hydrogen) atoms. The monoisotopic (exact) mass is 446 g/mol. The largest absolute Gasteiger partial charge is 0.433 e. The molecule has 0 radical (unpaired) electrons. The lowest BCUT2D eigenvalue weighted by Gasteiger charge is -2.28. The molecule has 0 unspecified atom stereocenters. The first-order valence-electron chi connectivity index (χ1n) is 9.72. The van der Waals surface area contributed by atoms with E-state index in [0.29, 0.717) is 0 Å². The molecular weight excluding hydrogens is 423 g/mol. The molecule has 0 bridgehead atoms. The van der Waals surface area contributed by atoms with Gasteiger partial charge in [-0.05, 0) is 38.8 Å². The first-order chi connectivity index (χ1) is 14.3. The molecule has 0 atom stereocenters. The second kappa shape index (κ2) is 8.48. The van der Waals surface area contributed by atoms with Crippen molar-refractivity contribution >= 4 is 11.9 Å². The third-order valence-corrected chi connectivity index (χ3v) is 4.63. The zero-order valence-electron chi connectivity index (χ0n) is 17.0. The predicted molar refractivity (Wildman–Crippen MR) is 104 cm³/mol. The van der Waals surface area contributed by atoms with E-state index in [1.807, 2.05) is 0 Å². The van der Waals surface area contributed by atoms with Crippen LogP contribution in [0.5, 0.6) is 0 Å². The van der Waals surface area contributed by atoms with Gasteiger partial charge in [0.05, 0.1) is 5.60 Å². The van der Waals surface area contributed by atoms with Gasteiger partial charge in [-0.2, -0.15) is 28.1 Å². The molecule has 7 nitrogen and oxygen atoms in total. The molecule has 0 aromatic carbocycles. The van der Waals surface area contributed by atoms with Crippen LogP contribution in [-0.2, 0) is 6.18 Å². The molecule has 3 rings (SSSR count). The Bertz CT molecular complexity index is 905. The molecule has 0 saturated heterocycles. The Kier molecular flexibility index (Phi) is 6.30. The van der Waals surface area contributed by atoms with Gasteiger partial charge in [-0.1, -0.05) is 6.07 Å². The number of pyridine rings is 1. The van der Waals surface area contributed by atoms with Gasteiger partial charge in [0.2, 0.25) is 17.8 Å². The van der Waals surface area contributed by atoms with Gasteiger partial charge in [0, 0.05) is 25.4 Å². The number of nitrogens with one attached hydrogen (secondary N) is 2. The summed E-state index contributed by atoms with van der Waals surface area (Å²) in [5.41, 5.74) is -2.33. The van der Waals surface area contributed by atoms with Crippen LogP contribution in [0.15, 0.2) is 18.2 Å². The highest BCUT2D eigenvalue weighted by Crippen LogP contribution is 2.34. The standard InChI is InChI=1S/C19H23F5N6O/c1-17(2,31)10-25-15-28-14(12-4-3-5-13(27-12)19(22,23)24)29-16(30-15)26-11-6-8-18(20,21)9-7-11/h3-5,11,31H,6-10H2,1-2H3,(H2,25,26,28,29,30). The fourth-order valence-corrected chi connectivity index (χ4v) is 3.01. The maximum absolute atomic E-state index is 13.4. The molecule has 0 spiro atoms. The summed E-state index contributed by atoms with van der Waals surface area (Å²) >= 11 is 0. The van der Waals surface area contributed by atoms with Crippen LogP contribution in [0.2, 0.25) is 0 Å². The molecule has 1 aliphatic carbocycles. The maximum atomic E-state index is 13.4. The second-order valence-corrected chi connectivity index (χ2v) is 8.15. The van der Waals surface area contributed by atoms with E-state index in [1.165, 1.54) is 12.1 Å². The quantitative estimate of drug-likeness (QED) is 0.575. The van der Waals surface area contributed by atoms with Crippen molar-refractivity contribution in [3.63, 3.8) is 0 Å². The van der Waals surface area contributed by atoms with Crippen molar-refractivity contribution in [1.29, 1.82) is 0 Å². The highest BCUT2D eigenvalue weighted by atomic mass is 19.4. The lowest BCUT2D eigenvalue weighted by atomic mass is 9.92. The van der Waals surface area contributed by atoms with Crippen LogP contribution in [-0.4, -0.2) is 49.2 Å². The third-order valence-electron chi connectivity index (χ3n) is 4.63. The number of aromatic nitrogens is 4. The summed E-state index contributed by atoms with van der Waals surface area (Å²) in [6, 6.07) is 3.04. The van der Waals surface area contributed by atoms with Crippen molar-refractivity contribution in [3.05, 3.63) is 23.9 Å². The summed E-state index contributed by atoms with van der Waals surface area (Å²) in [6.07, 6.45) is -4.80. The number of anilines is 2. The topological polar surface area (TPSA) is 95.8 Å². The van der Waals surface area contributed by atoms with E-state index in [1.54, 1.807) is 13.8 Å². The molecule has 1 aliphatic rings. The molecule has 3 N–H and O–H groups in total. The van der Waals surface area contributed by atoms with E-state index in [0.717, 1.165) is 6.07 Å². The Balaban J connectivity index is 1.90. The van der Waals surface area contributed by atoms with Gasteiger partial charge >= 0.3 is 6.18 Å². The zero-order chi connectivity index (χ0) is 22.9. The van der Waals surface area contributed by atoms with Crippen LogP contribution < -0.4 is 10.6 Å². The van der Waals surface area contributed by atoms with Gasteiger partial charge in [0.15, 0.2) is 5.82 Å². The molecule has 2 aromatic heterocycles. The SMILES string of the molecule is CC(C)(O)CNc1nc(NC2CCC(F)(F)CC2)nc(-c2cccc(C(F)(F)F)n2)n1. The van der Waals surface area contributed by atoms with Gasteiger partial charge < -0.3 is 15.7 Å². The lowest BCUT2D eigenvalue weighted by Crippen LogP contribution is -2.33. The number of rotatable bonds is 6. The molecule has 2 aromatic rings. The lowest BCUT2D eigenvalue weighted by molar-refractivity contribution is -0.141. The van der Waals surface area contributed by atoms with Crippen LogP contribution in [0, 0.1) is 0 Å². The van der Waals surface area contributed by atoms with Crippen molar-refractivity contribution in [1.82, 2.24) is 19.9 Å². The molecule has 170 valence electrons. The van der Waals surface area contributed by atoms with E-state index < -0.39 is 23.4 Å². The van der Waals surface area contributed by atoms with Crippen LogP contribution in [0.4, 0.5) is 33.8 Å². The van der Waals surface area contributed by atoms with Gasteiger partial charge in [-0.3, -0.25) is 0 Å². The molecule has 1 fully saturated rings. The van der Waals surface area contributed by atoms with Gasteiger partial charge in [-0.25, -0.2) is 13.8 Å². The van der Waals surface area contributed by atoms with Crippen molar-refractivity contribution < 1.29 is 27.1 Å². The summed E-state index contributed by atoms with van der Waals surface area (Å²) in [4.78, 5) is 16.0. The number of alkyl halides is 5. The minimum Gasteiger partial charge on any atom is -0.389 e. The number of hydrogen-bond acceptors (Lipinski definition) is 7. The van der Waals surface area contributed by atoms with E-state index >= 15 is 0 Å². The molecule has 0 aliphatic heterocycles. The van der Waals surface area contributed by atoms with E-state index in [2.05, 4.69) is 30.6 Å². The highest BCUT2D eigenvalue weighted by molar-refractivity contribution is 5.54. The number of nitrogens with zero attached hydrogens (tertiary/aromatic N) is 4. The highest BCUT2D eigenvalue weighted by Gasteiger charge is 2.35. The molecule has 1 saturated carbocycles. The Hall–Kier alpha value is -2.63. The zero-order valence-corrected chi connectivity index (χ0v) is 17.0. The molecule has 0 amide bonds. The number of halogens is 5. The van der Waals surface area contributed by atoms with E-state index in [4.69, 9.17) is 0 Å². The molecule has 2 heterocycles. The van der Waals surface area contributed by atoms with Crippen LogP contribution in [0.3, 0.4) is 0 Å². The average molecular weight is 446 g/mol. The van der Waals surface area contributed by atoms with Crippen LogP contribution in [0.25, 0.3) is 11.5 Å². The Morgan fingerprint density at radius 1 is 1.03 bits per heavy atom. The molecule has 12 heteroatoms. The van der Waals surface area contributed by atoms with Crippen LogP contribution in [0.1, 0.15) is 45.2 Å². The minimum atomic E-state index is -4.64. The van der Waals surface area contributed by atoms with Crippen molar-refractivity contribution in [3.8, 4) is 11.5 Å². The Labute approximate surface area is 175 Å². The normalized spacial score (nSPS) is 17.4. The third kappa shape index (κ3) is 6.68. The van der Waals surface area contributed by atoms with E-state index in [-0.39, 0.29) is 61.7 Å². The fraction of sp³-hybridized carbons (Fsp3) is 0.579. The summed E-state index contributed by atoms with van der Waals surface area (Å²) in [5.74, 6) is -2.79. The average Bonchev–Trinajstić information content (AvgIpc) is 2.67. The Morgan fingerprint density at radius 2 is 1.68 bits per heavy atom. The summed E-state index contributed by atoms with van der Waals surface area (Å²) < 4.78 is 65.9. The summed E-state index contributed by atoms with van der Waals surface area (Å²) in [7, 11) is 0. The summed E-state index contributed by atoms with van der Waals surface area (Å²) in [5, 5.41) is 15.7. The van der Waals surface area contributed by atoms with Crippen molar-refractivity contribution in [2.45, 2.75) is 63.3 Å². The van der Waals surface area contributed by atoms with Crippen molar-refractivity contribution in [2.24, 2.45) is 0 Å². The van der Waals surface area contributed by atoms with Gasteiger partial charge in [-0.15, -0.1) is 0 Å². The number of aliphatic hydroxyl groups is 1. The van der Waals surface area contributed by atoms with Gasteiger partial charge in [0.25, 0.3) is 0 Å². The Morgan fingerprint density at radius 3 is 2.29 bits per heavy atom. The number of hydrogen-bond donors (Lipinski definition) is 3. The van der Waals surface area contributed by atoms with Crippen molar-refractivity contribution in [2.75, 3.05) is 17.2 Å². The first kappa shape index (κ1) is 23.0. The second-order valence-electron chi connectivity index (χ2n) is 8.15. The first-order valence-corrected chi connectivity index (χ1v) is 9.72. The maximum Gasteiger partial charge on any atom is 0.433 e. The minimum absolute atomic E-state index is 0.00924. The van der Waals surface area contributed by atoms with E-state index in [9.17, 15) is 27.1 Å². The fourth-order valence-electron chi connectivity index (χ4n) is 3.01. The summed E-state index contributed by atoms with van der Waals surface area (Å²) in [6.45, 7) is 3.16. The van der Waals surface area contributed by atoms with Crippen LogP contribution >= 0.6 is 0 Å². The predicted octanol–water partition coefficient (Wildman–Crippen LogP) is 4.13. The van der Waals surface area contributed by atoms with Gasteiger partial charge in [0.1, 0.15) is 11.4 Å².